The van der Waals surface area contributed by atoms with Crippen LogP contribution in [-0.4, -0.2) is 27.1 Å². The highest BCUT2D eigenvalue weighted by atomic mass is 16.5. The first-order valence-electron chi connectivity index (χ1n) is 5.81. The zero-order chi connectivity index (χ0) is 13.9. The molecule has 0 aliphatic heterocycles. The third-order valence-corrected chi connectivity index (χ3v) is 2.86. The molecule has 0 bridgehead atoms. The first-order chi connectivity index (χ1) is 8.47. The van der Waals surface area contributed by atoms with Gasteiger partial charge in [-0.15, -0.1) is 0 Å². The molecule has 0 aromatic heterocycles. The molecule has 0 unspecified atom stereocenters. The van der Waals surface area contributed by atoms with Crippen LogP contribution in [0.4, 0.5) is 0 Å². The van der Waals surface area contributed by atoms with Crippen LogP contribution in [0, 0.1) is 12.8 Å². The van der Waals surface area contributed by atoms with Crippen molar-refractivity contribution in [2.24, 2.45) is 5.92 Å². The molecule has 0 saturated heterocycles. The minimum Gasteiger partial charge on any atom is -0.496 e. The Morgan fingerprint density at radius 2 is 1.61 bits per heavy atom. The molecule has 0 saturated carbocycles. The van der Waals surface area contributed by atoms with Crippen molar-refractivity contribution in [3.05, 3.63) is 17.2 Å². The van der Waals surface area contributed by atoms with Crippen LogP contribution in [0.1, 0.15) is 29.8 Å². The molecular formula is C14H20O4. The number of Topliss-reactive ketones (excluding diaryl/α,β-unsaturated/α-hetero) is 1. The third kappa shape index (κ3) is 2.42. The molecule has 0 aliphatic rings. The van der Waals surface area contributed by atoms with Gasteiger partial charge in [-0.25, -0.2) is 0 Å². The number of ketones is 1. The fourth-order valence-corrected chi connectivity index (χ4v) is 1.86. The average Bonchev–Trinajstić information content (AvgIpc) is 2.37. The van der Waals surface area contributed by atoms with E-state index in [9.17, 15) is 4.79 Å². The van der Waals surface area contributed by atoms with Crippen molar-refractivity contribution in [1.82, 2.24) is 0 Å². The van der Waals surface area contributed by atoms with Gasteiger partial charge >= 0.3 is 0 Å². The average molecular weight is 252 g/mol. The van der Waals surface area contributed by atoms with Crippen molar-refractivity contribution in [3.8, 4) is 17.2 Å². The molecule has 18 heavy (non-hydrogen) atoms. The van der Waals surface area contributed by atoms with E-state index >= 15 is 0 Å². The van der Waals surface area contributed by atoms with Crippen LogP contribution < -0.4 is 14.2 Å². The van der Waals surface area contributed by atoms with E-state index in [1.165, 1.54) is 7.11 Å². The fourth-order valence-electron chi connectivity index (χ4n) is 1.86. The van der Waals surface area contributed by atoms with Gasteiger partial charge in [-0.1, -0.05) is 13.8 Å². The summed E-state index contributed by atoms with van der Waals surface area (Å²) in [7, 11) is 4.64. The maximum absolute atomic E-state index is 12.3. The SMILES string of the molecule is COc1cc(OC)c(C(=O)C(C)C)c(OC)c1C. The zero-order valence-electron chi connectivity index (χ0n) is 11.8. The summed E-state index contributed by atoms with van der Waals surface area (Å²) < 4.78 is 15.9. The van der Waals surface area contributed by atoms with E-state index in [2.05, 4.69) is 0 Å². The summed E-state index contributed by atoms with van der Waals surface area (Å²) in [6, 6.07) is 1.72. The second-order valence-electron chi connectivity index (χ2n) is 4.33. The van der Waals surface area contributed by atoms with Gasteiger partial charge in [0.05, 0.1) is 21.3 Å². The smallest absolute Gasteiger partial charge is 0.172 e. The molecule has 1 aromatic rings. The summed E-state index contributed by atoms with van der Waals surface area (Å²) in [5.41, 5.74) is 1.28. The van der Waals surface area contributed by atoms with Gasteiger partial charge in [-0.05, 0) is 6.92 Å². The van der Waals surface area contributed by atoms with Gasteiger partial charge < -0.3 is 14.2 Å². The first-order valence-corrected chi connectivity index (χ1v) is 5.81. The van der Waals surface area contributed by atoms with E-state index < -0.39 is 0 Å². The minimum atomic E-state index is -0.124. The number of methoxy groups -OCH3 is 3. The van der Waals surface area contributed by atoms with E-state index in [4.69, 9.17) is 14.2 Å². The Hall–Kier alpha value is -1.71. The molecule has 0 spiro atoms. The monoisotopic (exact) mass is 252 g/mol. The molecule has 0 fully saturated rings. The molecule has 100 valence electrons. The minimum absolute atomic E-state index is 0.00514. The molecule has 4 heteroatoms. The molecular weight excluding hydrogens is 232 g/mol. The second kappa shape index (κ2) is 5.76. The highest BCUT2D eigenvalue weighted by Crippen LogP contribution is 2.39. The summed E-state index contributed by atoms with van der Waals surface area (Å²) in [5.74, 6) is 1.51. The highest BCUT2D eigenvalue weighted by molar-refractivity contribution is 6.03. The molecule has 1 rings (SSSR count). The topological polar surface area (TPSA) is 44.8 Å². The van der Waals surface area contributed by atoms with Crippen molar-refractivity contribution in [3.63, 3.8) is 0 Å². The Bertz CT molecular complexity index is 450. The van der Waals surface area contributed by atoms with Gasteiger partial charge in [0.15, 0.2) is 5.78 Å². The lowest BCUT2D eigenvalue weighted by Gasteiger charge is -2.18. The van der Waals surface area contributed by atoms with E-state index in [1.807, 2.05) is 20.8 Å². The fraction of sp³-hybridized carbons (Fsp3) is 0.500. The normalized spacial score (nSPS) is 10.4. The Morgan fingerprint density at radius 3 is 2.00 bits per heavy atom. The van der Waals surface area contributed by atoms with Crippen molar-refractivity contribution >= 4 is 5.78 Å². The van der Waals surface area contributed by atoms with Crippen molar-refractivity contribution in [1.29, 1.82) is 0 Å². The van der Waals surface area contributed by atoms with E-state index in [-0.39, 0.29) is 11.7 Å². The van der Waals surface area contributed by atoms with Crippen LogP contribution in [-0.2, 0) is 0 Å². The lowest BCUT2D eigenvalue weighted by Crippen LogP contribution is -2.12. The molecule has 0 amide bonds. The predicted molar refractivity (Wildman–Crippen MR) is 70.0 cm³/mol. The molecule has 0 radical (unpaired) electrons. The number of carbonyl (C=O) groups excluding carboxylic acids is 1. The zero-order valence-corrected chi connectivity index (χ0v) is 11.8. The standard InChI is InChI=1S/C14H20O4/c1-8(2)13(15)12-11(17-5)7-10(16-4)9(3)14(12)18-6/h7-8H,1-6H3. The molecule has 1 aromatic carbocycles. The number of rotatable bonds is 5. The number of hydrogen-bond acceptors (Lipinski definition) is 4. The van der Waals surface area contributed by atoms with Crippen molar-refractivity contribution in [2.75, 3.05) is 21.3 Å². The number of benzene rings is 1. The molecule has 0 heterocycles. The lowest BCUT2D eigenvalue weighted by atomic mass is 9.96. The highest BCUT2D eigenvalue weighted by Gasteiger charge is 2.24. The summed E-state index contributed by atoms with van der Waals surface area (Å²) in [6.07, 6.45) is 0. The predicted octanol–water partition coefficient (Wildman–Crippen LogP) is 2.86. The Kier molecular flexibility index (Phi) is 4.59. The summed E-state index contributed by atoms with van der Waals surface area (Å²) >= 11 is 0. The largest absolute Gasteiger partial charge is 0.496 e. The van der Waals surface area contributed by atoms with Crippen LogP contribution in [0.25, 0.3) is 0 Å². The third-order valence-electron chi connectivity index (χ3n) is 2.86. The number of ether oxygens (including phenoxy) is 3. The van der Waals surface area contributed by atoms with Gasteiger partial charge in [0.1, 0.15) is 22.8 Å². The van der Waals surface area contributed by atoms with Crippen molar-refractivity contribution < 1.29 is 19.0 Å². The van der Waals surface area contributed by atoms with Crippen LogP contribution >= 0.6 is 0 Å². The van der Waals surface area contributed by atoms with Gasteiger partial charge in [0.25, 0.3) is 0 Å². The van der Waals surface area contributed by atoms with Crippen LogP contribution in [0.15, 0.2) is 6.07 Å². The van der Waals surface area contributed by atoms with Crippen LogP contribution in [0.2, 0.25) is 0 Å². The van der Waals surface area contributed by atoms with E-state index in [0.717, 1.165) is 5.56 Å². The maximum Gasteiger partial charge on any atom is 0.172 e. The quantitative estimate of drug-likeness (QED) is 0.756. The van der Waals surface area contributed by atoms with Crippen molar-refractivity contribution in [2.45, 2.75) is 20.8 Å². The molecule has 0 atom stereocenters. The number of carbonyl (C=O) groups is 1. The molecule has 0 aliphatic carbocycles. The summed E-state index contributed by atoms with van der Waals surface area (Å²) in [5, 5.41) is 0. The van der Waals surface area contributed by atoms with E-state index in [1.54, 1.807) is 20.3 Å². The van der Waals surface area contributed by atoms with Crippen LogP contribution in [0.5, 0.6) is 17.2 Å². The van der Waals surface area contributed by atoms with Gasteiger partial charge in [0.2, 0.25) is 0 Å². The maximum atomic E-state index is 12.3. The van der Waals surface area contributed by atoms with Gasteiger partial charge in [0, 0.05) is 17.5 Å². The van der Waals surface area contributed by atoms with Gasteiger partial charge in [-0.3, -0.25) is 4.79 Å². The number of hydrogen-bond donors (Lipinski definition) is 0. The molecule has 0 N–H and O–H groups in total. The second-order valence-corrected chi connectivity index (χ2v) is 4.33. The lowest BCUT2D eigenvalue weighted by molar-refractivity contribution is 0.0932. The van der Waals surface area contributed by atoms with E-state index in [0.29, 0.717) is 22.8 Å². The summed E-state index contributed by atoms with van der Waals surface area (Å²) in [4.78, 5) is 12.3. The summed E-state index contributed by atoms with van der Waals surface area (Å²) in [6.45, 7) is 5.55. The van der Waals surface area contributed by atoms with Gasteiger partial charge in [-0.2, -0.15) is 0 Å². The molecule has 4 nitrogen and oxygen atoms in total. The Morgan fingerprint density at radius 1 is 1.06 bits per heavy atom. The Balaban J connectivity index is 3.56. The Labute approximate surface area is 108 Å². The van der Waals surface area contributed by atoms with Crippen LogP contribution in [0.3, 0.4) is 0 Å². The first kappa shape index (κ1) is 14.4.